The number of amides is 1. The van der Waals surface area contributed by atoms with E-state index in [9.17, 15) is 9.59 Å². The predicted octanol–water partition coefficient (Wildman–Crippen LogP) is 2.98. The minimum absolute atomic E-state index is 0.0463. The molecule has 2 aromatic rings. The van der Waals surface area contributed by atoms with Crippen LogP contribution in [0.1, 0.15) is 41.9 Å². The summed E-state index contributed by atoms with van der Waals surface area (Å²) in [5.74, 6) is -0.400. The Bertz CT molecular complexity index is 767. The molecule has 1 aliphatic rings. The number of ether oxygens (including phenoxy) is 1. The fourth-order valence-electron chi connectivity index (χ4n) is 3.46. The molecule has 0 radical (unpaired) electrons. The minimum Gasteiger partial charge on any atom is -0.462 e. The summed E-state index contributed by atoms with van der Waals surface area (Å²) >= 11 is 0. The zero-order valence-corrected chi connectivity index (χ0v) is 15.3. The van der Waals surface area contributed by atoms with Crippen LogP contribution in [0.4, 0.5) is 5.69 Å². The summed E-state index contributed by atoms with van der Waals surface area (Å²) in [6.07, 6.45) is 4.20. The van der Waals surface area contributed by atoms with Gasteiger partial charge in [0.2, 0.25) is 5.91 Å². The average molecular weight is 355 g/mol. The average Bonchev–Trinajstić information content (AvgIpc) is 3.24. The van der Waals surface area contributed by atoms with E-state index in [0.717, 1.165) is 19.4 Å². The van der Waals surface area contributed by atoms with Gasteiger partial charge in [-0.3, -0.25) is 9.69 Å². The molecule has 138 valence electrons. The first-order chi connectivity index (χ1) is 12.6. The highest BCUT2D eigenvalue weighted by Crippen LogP contribution is 2.31. The lowest BCUT2D eigenvalue weighted by Gasteiger charge is -2.24. The lowest BCUT2D eigenvalue weighted by molar-refractivity contribution is -0.117. The highest BCUT2D eigenvalue weighted by Gasteiger charge is 2.28. The number of likely N-dealkylation sites (tertiary alicyclic amines) is 1. The van der Waals surface area contributed by atoms with Gasteiger partial charge in [-0.25, -0.2) is 4.79 Å². The van der Waals surface area contributed by atoms with Crippen molar-refractivity contribution in [1.29, 1.82) is 0 Å². The van der Waals surface area contributed by atoms with Crippen LogP contribution in [0.5, 0.6) is 0 Å². The molecule has 3 rings (SSSR count). The highest BCUT2D eigenvalue weighted by atomic mass is 16.5. The van der Waals surface area contributed by atoms with Gasteiger partial charge < -0.3 is 14.6 Å². The topological polar surface area (TPSA) is 63.6 Å². The molecular weight excluding hydrogens is 330 g/mol. The fourth-order valence-corrected chi connectivity index (χ4v) is 3.46. The second-order valence-corrected chi connectivity index (χ2v) is 6.52. The van der Waals surface area contributed by atoms with Gasteiger partial charge in [0, 0.05) is 24.6 Å². The molecule has 6 nitrogen and oxygen atoms in total. The molecule has 0 saturated carbocycles. The van der Waals surface area contributed by atoms with E-state index in [0.29, 0.717) is 24.4 Å². The van der Waals surface area contributed by atoms with Crippen LogP contribution in [0.3, 0.4) is 0 Å². The maximum atomic E-state index is 12.4. The number of hydrogen-bond donors (Lipinski definition) is 1. The van der Waals surface area contributed by atoms with Gasteiger partial charge in [-0.15, -0.1) is 0 Å². The molecule has 1 atom stereocenters. The number of carbonyl (C=O) groups is 2. The van der Waals surface area contributed by atoms with Gasteiger partial charge in [-0.05, 0) is 62.7 Å². The molecule has 1 aliphatic heterocycles. The third-order valence-electron chi connectivity index (χ3n) is 4.72. The summed E-state index contributed by atoms with van der Waals surface area (Å²) < 4.78 is 7.08. The van der Waals surface area contributed by atoms with E-state index < -0.39 is 0 Å². The monoisotopic (exact) mass is 355 g/mol. The van der Waals surface area contributed by atoms with E-state index in [-0.39, 0.29) is 17.9 Å². The van der Waals surface area contributed by atoms with Crippen LogP contribution < -0.4 is 5.32 Å². The van der Waals surface area contributed by atoms with Crippen molar-refractivity contribution in [1.82, 2.24) is 9.47 Å². The Balaban J connectivity index is 1.58. The van der Waals surface area contributed by atoms with E-state index in [1.54, 1.807) is 31.2 Å². The first-order valence-corrected chi connectivity index (χ1v) is 9.01. The van der Waals surface area contributed by atoms with Crippen LogP contribution in [-0.2, 0) is 16.6 Å². The number of rotatable bonds is 6. The Labute approximate surface area is 153 Å². The van der Waals surface area contributed by atoms with Crippen LogP contribution in [0.15, 0.2) is 42.6 Å². The molecule has 0 unspecified atom stereocenters. The number of anilines is 1. The lowest BCUT2D eigenvalue weighted by atomic mass is 10.1. The van der Waals surface area contributed by atoms with Gasteiger partial charge in [0.1, 0.15) is 0 Å². The fraction of sp³-hybridized carbons (Fsp3) is 0.400. The van der Waals surface area contributed by atoms with Gasteiger partial charge in [0.25, 0.3) is 0 Å². The first-order valence-electron chi connectivity index (χ1n) is 9.01. The maximum absolute atomic E-state index is 12.4. The van der Waals surface area contributed by atoms with Crippen molar-refractivity contribution >= 4 is 17.6 Å². The maximum Gasteiger partial charge on any atom is 0.338 e. The Morgan fingerprint density at radius 1 is 1.23 bits per heavy atom. The summed E-state index contributed by atoms with van der Waals surface area (Å²) in [5.41, 5.74) is 2.40. The molecule has 1 aromatic heterocycles. The van der Waals surface area contributed by atoms with Gasteiger partial charge in [0.15, 0.2) is 0 Å². The molecule has 0 aliphatic carbocycles. The number of carbonyl (C=O) groups excluding carboxylic acids is 2. The van der Waals surface area contributed by atoms with Gasteiger partial charge in [-0.2, -0.15) is 0 Å². The number of aryl methyl sites for hydroxylation is 1. The van der Waals surface area contributed by atoms with Crippen LogP contribution in [0, 0.1) is 0 Å². The van der Waals surface area contributed by atoms with E-state index >= 15 is 0 Å². The highest BCUT2D eigenvalue weighted by molar-refractivity contribution is 5.94. The largest absolute Gasteiger partial charge is 0.462 e. The quantitative estimate of drug-likeness (QED) is 0.809. The molecule has 1 saturated heterocycles. The van der Waals surface area contributed by atoms with Crippen molar-refractivity contribution in [3.05, 3.63) is 53.9 Å². The molecule has 2 heterocycles. The number of benzene rings is 1. The van der Waals surface area contributed by atoms with Gasteiger partial charge in [-0.1, -0.05) is 0 Å². The number of esters is 1. The molecule has 0 spiro atoms. The standard InChI is InChI=1S/C20H25N3O3/c1-3-26-20(25)15-8-10-16(11-9-15)21-19(24)14-23-13-5-7-18(23)17-6-4-12-22(17)2/h4,6,8-12,18H,3,5,7,13-14H2,1-2H3,(H,21,24)/t18-/m0/s1. The normalized spacial score (nSPS) is 17.2. The smallest absolute Gasteiger partial charge is 0.338 e. The molecule has 1 fully saturated rings. The molecule has 1 amide bonds. The molecule has 26 heavy (non-hydrogen) atoms. The van der Waals surface area contributed by atoms with Crippen molar-refractivity contribution in [2.45, 2.75) is 25.8 Å². The van der Waals surface area contributed by atoms with E-state index in [4.69, 9.17) is 4.74 Å². The molecule has 1 aromatic carbocycles. The Kier molecular flexibility index (Phi) is 5.73. The molecule has 0 bridgehead atoms. The molecule has 6 heteroatoms. The van der Waals surface area contributed by atoms with Crippen molar-refractivity contribution in [3.8, 4) is 0 Å². The summed E-state index contributed by atoms with van der Waals surface area (Å²) in [6, 6.07) is 11.2. The molecular formula is C20H25N3O3. The van der Waals surface area contributed by atoms with Gasteiger partial charge >= 0.3 is 5.97 Å². The summed E-state index contributed by atoms with van der Waals surface area (Å²) in [5, 5.41) is 2.91. The SMILES string of the molecule is CCOC(=O)c1ccc(NC(=O)CN2CCC[C@H]2c2cccn2C)cc1. The zero-order valence-electron chi connectivity index (χ0n) is 15.3. The van der Waals surface area contributed by atoms with Crippen LogP contribution in [0.25, 0.3) is 0 Å². The minimum atomic E-state index is -0.354. The first kappa shape index (κ1) is 18.2. The summed E-state index contributed by atoms with van der Waals surface area (Å²) in [6.45, 7) is 3.39. The Morgan fingerprint density at radius 3 is 2.65 bits per heavy atom. The van der Waals surface area contributed by atoms with Crippen LogP contribution in [0.2, 0.25) is 0 Å². The second kappa shape index (κ2) is 8.19. The predicted molar refractivity (Wildman–Crippen MR) is 100.0 cm³/mol. The number of nitrogens with zero attached hydrogens (tertiary/aromatic N) is 2. The number of hydrogen-bond acceptors (Lipinski definition) is 4. The van der Waals surface area contributed by atoms with Crippen molar-refractivity contribution in [2.75, 3.05) is 25.0 Å². The third-order valence-corrected chi connectivity index (χ3v) is 4.72. The van der Waals surface area contributed by atoms with Gasteiger partial charge in [0.05, 0.1) is 24.8 Å². The van der Waals surface area contributed by atoms with E-state index in [1.807, 2.05) is 19.3 Å². The van der Waals surface area contributed by atoms with Crippen molar-refractivity contribution < 1.29 is 14.3 Å². The summed E-state index contributed by atoms with van der Waals surface area (Å²) in [4.78, 5) is 26.3. The second-order valence-electron chi connectivity index (χ2n) is 6.52. The van der Waals surface area contributed by atoms with Crippen molar-refractivity contribution in [2.24, 2.45) is 7.05 Å². The zero-order chi connectivity index (χ0) is 18.5. The van der Waals surface area contributed by atoms with E-state index in [1.165, 1.54) is 5.69 Å². The molecule has 1 N–H and O–H groups in total. The Hall–Kier alpha value is -2.60. The van der Waals surface area contributed by atoms with Crippen LogP contribution in [-0.4, -0.2) is 41.0 Å². The number of nitrogens with one attached hydrogen (secondary N) is 1. The number of aromatic nitrogens is 1. The lowest BCUT2D eigenvalue weighted by Crippen LogP contribution is -2.33. The van der Waals surface area contributed by atoms with E-state index in [2.05, 4.69) is 20.9 Å². The third kappa shape index (κ3) is 4.14. The van der Waals surface area contributed by atoms with Crippen LogP contribution >= 0.6 is 0 Å². The summed E-state index contributed by atoms with van der Waals surface area (Å²) in [7, 11) is 2.04. The Morgan fingerprint density at radius 2 is 2.00 bits per heavy atom. The van der Waals surface area contributed by atoms with Crippen molar-refractivity contribution in [3.63, 3.8) is 0 Å².